The minimum atomic E-state index is -0.859. The van der Waals surface area contributed by atoms with Crippen LogP contribution in [0, 0.1) is 0 Å². The normalized spacial score (nSPS) is 14.6. The number of rotatable bonds is 11. The van der Waals surface area contributed by atoms with Crippen LogP contribution in [0.25, 0.3) is 22.5 Å². The lowest BCUT2D eigenvalue weighted by Gasteiger charge is -2.34. The molecule has 1 unspecified atom stereocenters. The van der Waals surface area contributed by atoms with Crippen LogP contribution in [-0.2, 0) is 21.5 Å². The highest BCUT2D eigenvalue weighted by molar-refractivity contribution is 5.91. The van der Waals surface area contributed by atoms with Gasteiger partial charge in [-0.25, -0.2) is 10.2 Å². The van der Waals surface area contributed by atoms with Gasteiger partial charge in [0.05, 0.1) is 18.7 Å². The molecule has 0 fully saturated rings. The van der Waals surface area contributed by atoms with Crippen molar-refractivity contribution in [2.75, 3.05) is 13.7 Å². The van der Waals surface area contributed by atoms with Gasteiger partial charge in [-0.2, -0.15) is 0 Å². The molecule has 8 heteroatoms. The van der Waals surface area contributed by atoms with Crippen LogP contribution in [0.3, 0.4) is 0 Å². The first-order valence-electron chi connectivity index (χ1n) is 17.0. The maximum atomic E-state index is 12.7. The van der Waals surface area contributed by atoms with Crippen molar-refractivity contribution in [1.82, 2.24) is 30.6 Å². The number of nitrogens with zero attached hydrogens (tertiary/aromatic N) is 5. The number of allylic oxidation sites excluding steroid dienone is 1. The summed E-state index contributed by atoms with van der Waals surface area (Å²) in [5.41, 5.74) is 11.4. The fraction of sp³-hybridized carbons (Fsp3) is 0.190. The molecule has 0 amide bonds. The van der Waals surface area contributed by atoms with Crippen molar-refractivity contribution in [1.29, 1.82) is 0 Å². The average Bonchev–Trinajstić information content (AvgIpc) is 3.78. The fourth-order valence-electron chi connectivity index (χ4n) is 7.09. The Hall–Kier alpha value is -5.86. The highest BCUT2D eigenvalue weighted by Gasteiger charge is 2.41. The van der Waals surface area contributed by atoms with Crippen molar-refractivity contribution in [2.24, 2.45) is 0 Å². The van der Waals surface area contributed by atoms with Crippen molar-refractivity contribution >= 4 is 5.97 Å². The van der Waals surface area contributed by atoms with E-state index < -0.39 is 5.54 Å². The highest BCUT2D eigenvalue weighted by Crippen LogP contribution is 2.40. The first-order chi connectivity index (χ1) is 24.5. The van der Waals surface area contributed by atoms with E-state index >= 15 is 0 Å². The largest absolute Gasteiger partial charge is 0.466 e. The van der Waals surface area contributed by atoms with Gasteiger partial charge in [-0.15, -0.1) is 15.0 Å². The molecule has 1 atom stereocenters. The van der Waals surface area contributed by atoms with Crippen LogP contribution in [0.15, 0.2) is 151 Å². The van der Waals surface area contributed by atoms with Crippen LogP contribution in [0.1, 0.15) is 42.5 Å². The molecule has 0 spiro atoms. The van der Waals surface area contributed by atoms with E-state index in [1.54, 1.807) is 4.80 Å². The number of hydrogen-bond donors (Lipinski definition) is 1. The topological polar surface area (TPSA) is 85.2 Å². The number of esters is 1. The summed E-state index contributed by atoms with van der Waals surface area (Å²) < 4.78 is 5.15. The smallest absolute Gasteiger partial charge is 0.337 e. The second kappa shape index (κ2) is 14.3. The average molecular weight is 661 g/mol. The third kappa shape index (κ3) is 5.99. The van der Waals surface area contributed by atoms with E-state index in [4.69, 9.17) is 20.1 Å². The first-order valence-corrected chi connectivity index (χ1v) is 17.0. The molecule has 0 saturated carbocycles. The standard InChI is InChI=1S/C42H40N6O2/c1-4-28-47-30(2)39(41(49)50-3)38(44-47)29-31-24-26-32(27-25-31)36-22-14-15-23-37(36)40-43-46-48(45-40)42(33-16-8-5-9-17-33,34-18-10-6-11-19-34)35-20-12-7-13-21-35/h5-27,38,44H,4,28-29H2,1-3H3. The highest BCUT2D eigenvalue weighted by atomic mass is 16.5. The SMILES string of the molecule is CCCN1NC(Cc2ccc(-c3ccccc3-c3nnn(C(c4ccccc4)(c4ccccc4)c4ccccc4)n3)cc2)C(C(=O)OC)=C1C. The minimum absolute atomic E-state index is 0.162. The maximum absolute atomic E-state index is 12.7. The number of hydrazine groups is 1. The molecule has 7 rings (SSSR count). The monoisotopic (exact) mass is 660 g/mol. The summed E-state index contributed by atoms with van der Waals surface area (Å²) >= 11 is 0. The Balaban J connectivity index is 1.25. The van der Waals surface area contributed by atoms with Gasteiger partial charge in [-0.1, -0.05) is 146 Å². The Morgan fingerprint density at radius 3 is 1.84 bits per heavy atom. The zero-order valence-electron chi connectivity index (χ0n) is 28.5. The van der Waals surface area contributed by atoms with Crippen LogP contribution in [0.2, 0.25) is 0 Å². The van der Waals surface area contributed by atoms with E-state index in [2.05, 4.69) is 84.1 Å². The summed E-state index contributed by atoms with van der Waals surface area (Å²) in [5.74, 6) is 0.242. The number of nitrogens with one attached hydrogen (secondary N) is 1. The third-order valence-electron chi connectivity index (χ3n) is 9.47. The summed E-state index contributed by atoms with van der Waals surface area (Å²) in [5, 5.41) is 16.7. The molecule has 0 saturated heterocycles. The van der Waals surface area contributed by atoms with Gasteiger partial charge in [0.15, 0.2) is 5.54 Å². The molecule has 1 aliphatic heterocycles. The fourth-order valence-corrected chi connectivity index (χ4v) is 7.09. The quantitative estimate of drug-likeness (QED) is 0.114. The number of carbonyl (C=O) groups is 1. The zero-order valence-corrected chi connectivity index (χ0v) is 28.5. The second-order valence-electron chi connectivity index (χ2n) is 12.5. The molecule has 1 aromatic heterocycles. The number of benzene rings is 5. The Morgan fingerprint density at radius 2 is 1.30 bits per heavy atom. The van der Waals surface area contributed by atoms with Crippen LogP contribution in [-0.4, -0.2) is 50.9 Å². The van der Waals surface area contributed by atoms with E-state index in [1.807, 2.05) is 79.7 Å². The molecule has 2 heterocycles. The number of hydrogen-bond acceptors (Lipinski definition) is 7. The lowest BCUT2D eigenvalue weighted by Crippen LogP contribution is -2.39. The number of ether oxygens (including phenoxy) is 1. The van der Waals surface area contributed by atoms with Gasteiger partial charge in [-0.3, -0.25) is 0 Å². The summed E-state index contributed by atoms with van der Waals surface area (Å²) in [6, 6.07) is 47.5. The van der Waals surface area contributed by atoms with E-state index in [0.717, 1.165) is 57.6 Å². The molecule has 0 aliphatic carbocycles. The van der Waals surface area contributed by atoms with Crippen molar-refractivity contribution in [3.05, 3.63) is 173 Å². The molecular formula is C42H40N6O2. The Labute approximate surface area is 293 Å². The summed E-state index contributed by atoms with van der Waals surface area (Å²) in [4.78, 5) is 14.5. The van der Waals surface area contributed by atoms with Gasteiger partial charge >= 0.3 is 5.97 Å². The second-order valence-corrected chi connectivity index (χ2v) is 12.5. The van der Waals surface area contributed by atoms with E-state index in [1.165, 1.54) is 7.11 Å². The van der Waals surface area contributed by atoms with Gasteiger partial charge in [-0.05, 0) is 58.4 Å². The molecule has 1 N–H and O–H groups in total. The molecule has 8 nitrogen and oxygen atoms in total. The molecule has 250 valence electrons. The van der Waals surface area contributed by atoms with E-state index in [0.29, 0.717) is 17.8 Å². The molecule has 0 radical (unpaired) electrons. The van der Waals surface area contributed by atoms with Gasteiger partial charge in [0.25, 0.3) is 0 Å². The van der Waals surface area contributed by atoms with Gasteiger partial charge in [0, 0.05) is 17.8 Å². The minimum Gasteiger partial charge on any atom is -0.466 e. The van der Waals surface area contributed by atoms with Crippen molar-refractivity contribution in [3.8, 4) is 22.5 Å². The summed E-state index contributed by atoms with van der Waals surface area (Å²) in [6.07, 6.45) is 1.62. The zero-order chi connectivity index (χ0) is 34.5. The van der Waals surface area contributed by atoms with Gasteiger partial charge in [0.2, 0.25) is 5.82 Å². The first kappa shape index (κ1) is 32.7. The van der Waals surface area contributed by atoms with E-state index in [9.17, 15) is 4.79 Å². The number of aromatic nitrogens is 4. The molecule has 1 aliphatic rings. The van der Waals surface area contributed by atoms with Crippen LogP contribution >= 0.6 is 0 Å². The molecule has 6 aromatic rings. The van der Waals surface area contributed by atoms with Crippen molar-refractivity contribution in [3.63, 3.8) is 0 Å². The Kier molecular flexibility index (Phi) is 9.36. The summed E-state index contributed by atoms with van der Waals surface area (Å²) in [7, 11) is 1.44. The van der Waals surface area contributed by atoms with Crippen LogP contribution in [0.5, 0.6) is 0 Å². The molecule has 50 heavy (non-hydrogen) atoms. The predicted octanol–water partition coefficient (Wildman–Crippen LogP) is 7.44. The number of tetrazole rings is 1. The molecule has 5 aromatic carbocycles. The Morgan fingerprint density at radius 1 is 0.760 bits per heavy atom. The Bertz CT molecular complexity index is 2000. The van der Waals surface area contributed by atoms with Gasteiger partial charge < -0.3 is 9.75 Å². The van der Waals surface area contributed by atoms with Crippen LogP contribution in [0.4, 0.5) is 0 Å². The van der Waals surface area contributed by atoms with Crippen LogP contribution < -0.4 is 5.43 Å². The third-order valence-corrected chi connectivity index (χ3v) is 9.47. The van der Waals surface area contributed by atoms with Gasteiger partial charge in [0.1, 0.15) is 0 Å². The van der Waals surface area contributed by atoms with Crippen molar-refractivity contribution in [2.45, 2.75) is 38.3 Å². The molecular weight excluding hydrogens is 621 g/mol. The number of carbonyl (C=O) groups excluding carboxylic acids is 1. The molecule has 0 bridgehead atoms. The lowest BCUT2D eigenvalue weighted by molar-refractivity contribution is -0.136. The predicted molar refractivity (Wildman–Crippen MR) is 196 cm³/mol. The number of methoxy groups -OCH3 is 1. The van der Waals surface area contributed by atoms with E-state index in [-0.39, 0.29) is 12.0 Å². The maximum Gasteiger partial charge on any atom is 0.337 e. The summed E-state index contributed by atoms with van der Waals surface area (Å²) in [6.45, 7) is 4.92. The van der Waals surface area contributed by atoms with Crippen molar-refractivity contribution < 1.29 is 9.53 Å². The lowest BCUT2D eigenvalue weighted by atomic mass is 9.77.